The number of fused-ring (bicyclic) bond motifs is 1. The van der Waals surface area contributed by atoms with E-state index in [1.165, 1.54) is 13.2 Å². The lowest BCUT2D eigenvalue weighted by Gasteiger charge is -2.09. The summed E-state index contributed by atoms with van der Waals surface area (Å²) in [6.07, 6.45) is 0.866. The van der Waals surface area contributed by atoms with Gasteiger partial charge in [0.1, 0.15) is 5.82 Å². The highest BCUT2D eigenvalue weighted by atomic mass is 35.5. The standard InChI is InChI=1S/C14H17ClFN3O2/c1-17-14(20)4-6-19-11-8-12(21-2)9(16)7-10(11)18-13(19)3-5-15/h7-8H,3-6H2,1-2H3,(H,17,20). The molecule has 0 atom stereocenters. The van der Waals surface area contributed by atoms with Crippen LogP contribution in [0.25, 0.3) is 11.0 Å². The molecule has 2 rings (SSSR count). The van der Waals surface area contributed by atoms with Crippen molar-refractivity contribution >= 4 is 28.5 Å². The first-order chi connectivity index (χ1) is 10.1. The lowest BCUT2D eigenvalue weighted by Crippen LogP contribution is -2.20. The molecule has 7 heteroatoms. The molecule has 2 aromatic rings. The number of carbonyl (C=O) groups excluding carboxylic acids is 1. The largest absolute Gasteiger partial charge is 0.494 e. The summed E-state index contributed by atoms with van der Waals surface area (Å²) in [6, 6.07) is 2.93. The van der Waals surface area contributed by atoms with Crippen molar-refractivity contribution in [1.82, 2.24) is 14.9 Å². The minimum atomic E-state index is -0.460. The van der Waals surface area contributed by atoms with Crippen LogP contribution < -0.4 is 10.1 Å². The highest BCUT2D eigenvalue weighted by Gasteiger charge is 2.15. The fraction of sp³-hybridized carbons (Fsp3) is 0.429. The van der Waals surface area contributed by atoms with Gasteiger partial charge in [0.25, 0.3) is 0 Å². The minimum Gasteiger partial charge on any atom is -0.494 e. The average Bonchev–Trinajstić information content (AvgIpc) is 2.80. The first-order valence-corrected chi connectivity index (χ1v) is 7.13. The van der Waals surface area contributed by atoms with Gasteiger partial charge in [-0.3, -0.25) is 4.79 Å². The number of hydrogen-bond donors (Lipinski definition) is 1. The SMILES string of the molecule is CNC(=O)CCn1c(CCCl)nc2cc(F)c(OC)cc21. The maximum Gasteiger partial charge on any atom is 0.221 e. The predicted molar refractivity (Wildman–Crippen MR) is 79.4 cm³/mol. The molecule has 0 aliphatic heterocycles. The Morgan fingerprint density at radius 3 is 2.90 bits per heavy atom. The monoisotopic (exact) mass is 313 g/mol. The summed E-state index contributed by atoms with van der Waals surface area (Å²) in [5.74, 6) is 0.766. The van der Waals surface area contributed by atoms with Crippen LogP contribution in [0.1, 0.15) is 12.2 Å². The van der Waals surface area contributed by atoms with Gasteiger partial charge in [0, 0.05) is 44.4 Å². The third-order valence-corrected chi connectivity index (χ3v) is 3.45. The summed E-state index contributed by atoms with van der Waals surface area (Å²) in [4.78, 5) is 15.8. The molecule has 0 unspecified atom stereocenters. The first-order valence-electron chi connectivity index (χ1n) is 6.60. The second kappa shape index (κ2) is 6.76. The second-order valence-electron chi connectivity index (χ2n) is 4.52. The van der Waals surface area contributed by atoms with Crippen LogP contribution in [0.2, 0.25) is 0 Å². The quantitative estimate of drug-likeness (QED) is 0.831. The number of aryl methyl sites for hydroxylation is 2. The first kappa shape index (κ1) is 15.6. The lowest BCUT2D eigenvalue weighted by atomic mass is 10.2. The Bertz CT molecular complexity index is 657. The molecule has 0 spiro atoms. The van der Waals surface area contributed by atoms with Gasteiger partial charge in [-0.25, -0.2) is 9.37 Å². The van der Waals surface area contributed by atoms with Gasteiger partial charge in [-0.15, -0.1) is 11.6 Å². The molecule has 5 nitrogen and oxygen atoms in total. The van der Waals surface area contributed by atoms with Gasteiger partial charge >= 0.3 is 0 Å². The van der Waals surface area contributed by atoms with E-state index in [1.54, 1.807) is 13.1 Å². The topological polar surface area (TPSA) is 56.2 Å². The van der Waals surface area contributed by atoms with E-state index in [0.29, 0.717) is 30.8 Å². The van der Waals surface area contributed by atoms with E-state index >= 15 is 0 Å². The van der Waals surface area contributed by atoms with Gasteiger partial charge in [0.15, 0.2) is 11.6 Å². The van der Waals surface area contributed by atoms with Crippen LogP contribution in [-0.2, 0) is 17.8 Å². The molecule has 1 heterocycles. The Hall–Kier alpha value is -1.82. The number of alkyl halides is 1. The summed E-state index contributed by atoms with van der Waals surface area (Å²) in [5.41, 5.74) is 1.27. The zero-order valence-electron chi connectivity index (χ0n) is 11.9. The van der Waals surface area contributed by atoms with Gasteiger partial charge in [-0.2, -0.15) is 0 Å². The zero-order valence-corrected chi connectivity index (χ0v) is 12.7. The fourth-order valence-corrected chi connectivity index (χ4v) is 2.37. The van der Waals surface area contributed by atoms with Crippen molar-refractivity contribution < 1.29 is 13.9 Å². The van der Waals surface area contributed by atoms with Crippen LogP contribution in [0.4, 0.5) is 4.39 Å². The van der Waals surface area contributed by atoms with Crippen molar-refractivity contribution in [2.75, 3.05) is 20.0 Å². The maximum absolute atomic E-state index is 13.8. The van der Waals surface area contributed by atoms with Gasteiger partial charge in [-0.05, 0) is 0 Å². The summed E-state index contributed by atoms with van der Waals surface area (Å²) < 4.78 is 20.6. The summed E-state index contributed by atoms with van der Waals surface area (Å²) in [5, 5.41) is 2.58. The number of aromatic nitrogens is 2. The summed E-state index contributed by atoms with van der Waals surface area (Å²) in [7, 11) is 3.00. The van der Waals surface area contributed by atoms with Crippen molar-refractivity contribution in [3.8, 4) is 5.75 Å². The van der Waals surface area contributed by atoms with Gasteiger partial charge in [-0.1, -0.05) is 0 Å². The number of hydrogen-bond acceptors (Lipinski definition) is 3. The Kier molecular flexibility index (Phi) is 5.01. The predicted octanol–water partition coefficient (Wildman–Crippen LogP) is 2.10. The van der Waals surface area contributed by atoms with Crippen molar-refractivity contribution in [1.29, 1.82) is 0 Å². The van der Waals surface area contributed by atoms with E-state index in [-0.39, 0.29) is 11.7 Å². The van der Waals surface area contributed by atoms with Crippen LogP contribution in [0.5, 0.6) is 5.75 Å². The number of nitrogens with zero attached hydrogens (tertiary/aromatic N) is 2. The molecule has 1 aromatic heterocycles. The van der Waals surface area contributed by atoms with Crippen LogP contribution in [-0.4, -0.2) is 35.5 Å². The number of ether oxygens (including phenoxy) is 1. The number of benzene rings is 1. The van der Waals surface area contributed by atoms with E-state index < -0.39 is 5.82 Å². The third-order valence-electron chi connectivity index (χ3n) is 3.26. The van der Waals surface area contributed by atoms with Crippen LogP contribution in [0.3, 0.4) is 0 Å². The highest BCUT2D eigenvalue weighted by Crippen LogP contribution is 2.26. The number of imidazole rings is 1. The highest BCUT2D eigenvalue weighted by molar-refractivity contribution is 6.17. The maximum atomic E-state index is 13.8. The van der Waals surface area contributed by atoms with Gasteiger partial charge in [0.2, 0.25) is 5.91 Å². The molecule has 1 amide bonds. The molecule has 0 saturated carbocycles. The molecule has 21 heavy (non-hydrogen) atoms. The molecule has 1 aromatic carbocycles. The molecule has 114 valence electrons. The van der Waals surface area contributed by atoms with E-state index in [0.717, 1.165) is 11.3 Å². The van der Waals surface area contributed by atoms with Gasteiger partial charge in [0.05, 0.1) is 18.1 Å². The lowest BCUT2D eigenvalue weighted by molar-refractivity contribution is -0.120. The Morgan fingerprint density at radius 1 is 1.52 bits per heavy atom. The molecule has 0 radical (unpaired) electrons. The van der Waals surface area contributed by atoms with Crippen LogP contribution >= 0.6 is 11.6 Å². The van der Waals surface area contributed by atoms with Crippen LogP contribution in [0.15, 0.2) is 12.1 Å². The number of amides is 1. The normalized spacial score (nSPS) is 10.9. The van der Waals surface area contributed by atoms with Crippen molar-refractivity contribution in [2.24, 2.45) is 0 Å². The fourth-order valence-electron chi connectivity index (χ4n) is 2.20. The Morgan fingerprint density at radius 2 is 2.29 bits per heavy atom. The number of rotatable bonds is 6. The second-order valence-corrected chi connectivity index (χ2v) is 4.90. The average molecular weight is 314 g/mol. The molecule has 0 bridgehead atoms. The Labute approximate surface area is 127 Å². The van der Waals surface area contributed by atoms with E-state index in [4.69, 9.17) is 16.3 Å². The molecular formula is C14H17ClFN3O2. The van der Waals surface area contributed by atoms with Gasteiger partial charge < -0.3 is 14.6 Å². The molecule has 0 aliphatic carbocycles. The van der Waals surface area contributed by atoms with E-state index in [9.17, 15) is 9.18 Å². The minimum absolute atomic E-state index is 0.0669. The molecular weight excluding hydrogens is 297 g/mol. The zero-order chi connectivity index (χ0) is 15.4. The molecule has 0 aliphatic rings. The smallest absolute Gasteiger partial charge is 0.221 e. The molecule has 1 N–H and O–H groups in total. The van der Waals surface area contributed by atoms with E-state index in [1.807, 2.05) is 4.57 Å². The summed E-state index contributed by atoms with van der Waals surface area (Å²) >= 11 is 5.78. The van der Waals surface area contributed by atoms with Crippen molar-refractivity contribution in [2.45, 2.75) is 19.4 Å². The number of nitrogens with one attached hydrogen (secondary N) is 1. The van der Waals surface area contributed by atoms with Crippen molar-refractivity contribution in [3.05, 3.63) is 23.8 Å². The van der Waals surface area contributed by atoms with Crippen molar-refractivity contribution in [3.63, 3.8) is 0 Å². The number of carbonyl (C=O) groups is 1. The van der Waals surface area contributed by atoms with Crippen LogP contribution in [0, 0.1) is 5.82 Å². The van der Waals surface area contributed by atoms with E-state index in [2.05, 4.69) is 10.3 Å². The summed E-state index contributed by atoms with van der Waals surface area (Å²) in [6.45, 7) is 0.456. The molecule has 0 fully saturated rings. The number of halogens is 2. The molecule has 0 saturated heterocycles. The number of methoxy groups -OCH3 is 1. The third kappa shape index (κ3) is 3.26. The Balaban J connectivity index is 2.46.